The van der Waals surface area contributed by atoms with Crippen molar-refractivity contribution < 1.29 is 0 Å². The Bertz CT molecular complexity index is 3730. The van der Waals surface area contributed by atoms with Crippen LogP contribution < -0.4 is 0 Å². The van der Waals surface area contributed by atoms with Gasteiger partial charge in [0.05, 0.1) is 22.8 Å². The van der Waals surface area contributed by atoms with Gasteiger partial charge in [0.1, 0.15) is 0 Å². The van der Waals surface area contributed by atoms with Crippen LogP contribution in [0.5, 0.6) is 0 Å². The van der Waals surface area contributed by atoms with Crippen molar-refractivity contribution in [2.75, 3.05) is 0 Å². The van der Waals surface area contributed by atoms with E-state index in [9.17, 15) is 0 Å². The first kappa shape index (κ1) is 48.8. The minimum Gasteiger partial charge on any atom is -0.354 e. The summed E-state index contributed by atoms with van der Waals surface area (Å²) in [4.78, 5) is 17.7. The lowest BCUT2D eigenvalue weighted by molar-refractivity contribution is 1.36. The van der Waals surface area contributed by atoms with E-state index in [1.54, 1.807) is 0 Å². The minimum absolute atomic E-state index is 0.978. The molecule has 0 fully saturated rings. The molecule has 2 aliphatic rings. The van der Waals surface area contributed by atoms with E-state index in [4.69, 9.17) is 9.98 Å². The maximum atomic E-state index is 5.19. The van der Waals surface area contributed by atoms with Crippen LogP contribution in [-0.4, -0.2) is 21.4 Å². The molecule has 10 aromatic rings. The van der Waals surface area contributed by atoms with Crippen molar-refractivity contribution >= 4 is 35.0 Å². The highest BCUT2D eigenvalue weighted by Crippen LogP contribution is 2.39. The molecule has 0 atom stereocenters. The van der Waals surface area contributed by atoms with Crippen LogP contribution in [0.15, 0.2) is 216 Å². The van der Waals surface area contributed by atoms with Crippen LogP contribution >= 0.6 is 0 Å². The average Bonchev–Trinajstić information content (AvgIpc) is 4.23. The van der Waals surface area contributed by atoms with Crippen molar-refractivity contribution in [2.24, 2.45) is 9.98 Å². The quantitative estimate of drug-likeness (QED) is 0.152. The number of fused-ring (bicyclic) bond motifs is 2. The van der Waals surface area contributed by atoms with Gasteiger partial charge < -0.3 is 9.97 Å². The molecule has 74 heavy (non-hydrogen) atoms. The van der Waals surface area contributed by atoms with Crippen LogP contribution in [-0.2, 0) is 0 Å². The molecule has 2 N–H and O–H groups in total. The van der Waals surface area contributed by atoms with Crippen LogP contribution in [0.4, 0.5) is 0 Å². The molecular formula is C70H62N4. The van der Waals surface area contributed by atoms with Gasteiger partial charge in [-0.3, -0.25) is 0 Å². The van der Waals surface area contributed by atoms with E-state index in [1.807, 2.05) is 19.9 Å². The molecule has 2 aliphatic heterocycles. The fourth-order valence-electron chi connectivity index (χ4n) is 9.60. The lowest BCUT2D eigenvalue weighted by Gasteiger charge is -2.05. The Morgan fingerprint density at radius 2 is 0.622 bits per heavy atom. The summed E-state index contributed by atoms with van der Waals surface area (Å²) in [7, 11) is 0. The Morgan fingerprint density at radius 1 is 0.284 bits per heavy atom. The topological polar surface area (TPSA) is 56.3 Å². The van der Waals surface area contributed by atoms with Crippen molar-refractivity contribution in [1.29, 1.82) is 0 Å². The molecule has 4 nitrogen and oxygen atoms in total. The van der Waals surface area contributed by atoms with Crippen LogP contribution in [0.1, 0.15) is 92.0 Å². The summed E-state index contributed by atoms with van der Waals surface area (Å²) in [6.07, 6.45) is 4.41. The Labute approximate surface area is 437 Å². The highest BCUT2D eigenvalue weighted by atomic mass is 14.8. The molecule has 8 aromatic carbocycles. The number of H-pyrrole nitrogens is 2. The third kappa shape index (κ3) is 10.4. The second-order valence-electron chi connectivity index (χ2n) is 19.3. The first-order chi connectivity index (χ1) is 36.1. The van der Waals surface area contributed by atoms with Crippen molar-refractivity contribution in [3.8, 4) is 44.8 Å². The number of hydrogen-bond acceptors (Lipinski definition) is 2. The van der Waals surface area contributed by atoms with Crippen LogP contribution in [0.25, 0.3) is 68.3 Å². The van der Waals surface area contributed by atoms with E-state index < -0.39 is 0 Å². The van der Waals surface area contributed by atoms with Gasteiger partial charge in [-0.1, -0.05) is 235 Å². The predicted molar refractivity (Wildman–Crippen MR) is 316 cm³/mol. The summed E-state index contributed by atoms with van der Waals surface area (Å²) < 4.78 is 0. The van der Waals surface area contributed by atoms with E-state index in [-0.39, 0.29) is 0 Å². The number of nitrogens with zero attached hydrogens (tertiary/aromatic N) is 2. The largest absolute Gasteiger partial charge is 0.354 e. The molecule has 0 bridgehead atoms. The predicted octanol–water partition coefficient (Wildman–Crippen LogP) is 18.3. The van der Waals surface area contributed by atoms with Crippen molar-refractivity contribution in [2.45, 2.75) is 55.4 Å². The number of hydrogen-bond donors (Lipinski definition) is 2. The number of nitrogens with one attached hydrogen (secondary N) is 2. The fraction of sp³-hybridized carbons (Fsp3) is 0.114. The molecular weight excluding hydrogens is 897 g/mol. The van der Waals surface area contributed by atoms with Gasteiger partial charge in [-0.05, 0) is 94.1 Å². The first-order valence-electron chi connectivity index (χ1n) is 25.8. The molecule has 0 unspecified atom stereocenters. The van der Waals surface area contributed by atoms with Gasteiger partial charge in [-0.2, -0.15) is 0 Å². The Balaban J connectivity index is 0.000000164. The molecule has 0 saturated carbocycles. The van der Waals surface area contributed by atoms with Crippen LogP contribution in [0.3, 0.4) is 0 Å². The van der Waals surface area contributed by atoms with Crippen molar-refractivity contribution in [1.82, 2.24) is 9.97 Å². The lowest BCUT2D eigenvalue weighted by Crippen LogP contribution is -2.00. The standard InChI is InChI=1S/C35H30N2.C33H26N2.C2H6/c1-22-5-12-26(13-6-22)30-20-32(27-14-7-23(2)8-15-27)36-33(30)21-34-31-19-25(4)11-18-29(31)35(37-34)28-16-9-24(3)10-17-28;1-22-12-16-24(17-13-22)29-20-30(25-8-4-3-5-9-25)34-32(29)21-31-27-10-6-7-11-28(27)33(35-31)26-18-14-23(2)15-19-26;1-2/h5-21,36H,1-4H3;3-21,34H,1-2H3;1-2H3/b34-21-;31-21-;. The third-order valence-corrected chi connectivity index (χ3v) is 13.7. The van der Waals surface area contributed by atoms with Gasteiger partial charge in [0.2, 0.25) is 0 Å². The maximum absolute atomic E-state index is 5.19. The zero-order chi connectivity index (χ0) is 51.3. The van der Waals surface area contributed by atoms with E-state index >= 15 is 0 Å². The number of aryl methyl sites for hydroxylation is 6. The number of benzene rings is 8. The molecule has 0 amide bonds. The van der Waals surface area contributed by atoms with Gasteiger partial charge >= 0.3 is 0 Å². The normalized spacial score (nSPS) is 13.4. The molecule has 12 rings (SSSR count). The van der Waals surface area contributed by atoms with Crippen molar-refractivity contribution in [3.05, 3.63) is 284 Å². The maximum Gasteiger partial charge on any atom is 0.0788 e. The van der Waals surface area contributed by atoms with E-state index in [0.717, 1.165) is 62.3 Å². The zero-order valence-corrected chi connectivity index (χ0v) is 43.7. The second-order valence-corrected chi connectivity index (χ2v) is 19.3. The summed E-state index contributed by atoms with van der Waals surface area (Å²) in [6.45, 7) is 16.7. The molecule has 2 aromatic heterocycles. The van der Waals surface area contributed by atoms with E-state index in [0.29, 0.717) is 0 Å². The van der Waals surface area contributed by atoms with E-state index in [1.165, 1.54) is 83.5 Å². The SMILES string of the molecule is CC.Cc1ccc(C2=N/C(=C\c3[nH]c(-c4ccc(C)cc4)cc3-c3ccc(C)cc3)c3cc(C)ccc32)cc1.Cc1ccc(C2=N/C(=C\c3[nH]c(-c4ccccc4)cc3-c3ccc(C)cc3)c3ccccc32)cc1. The van der Waals surface area contributed by atoms with E-state index in [2.05, 4.69) is 264 Å². The van der Waals surface area contributed by atoms with Gasteiger partial charge in [0.15, 0.2) is 0 Å². The Kier molecular flexibility index (Phi) is 14.1. The van der Waals surface area contributed by atoms with Crippen LogP contribution in [0.2, 0.25) is 0 Å². The zero-order valence-electron chi connectivity index (χ0n) is 43.7. The Hall–Kier alpha value is -8.86. The molecule has 0 saturated heterocycles. The van der Waals surface area contributed by atoms with Gasteiger partial charge in [0.25, 0.3) is 0 Å². The Morgan fingerprint density at radius 3 is 1.07 bits per heavy atom. The smallest absolute Gasteiger partial charge is 0.0788 e. The first-order valence-corrected chi connectivity index (χ1v) is 25.8. The lowest BCUT2D eigenvalue weighted by atomic mass is 9.96. The summed E-state index contributed by atoms with van der Waals surface area (Å²) in [5.41, 5.74) is 29.9. The van der Waals surface area contributed by atoms with Crippen LogP contribution in [0, 0.1) is 41.5 Å². The summed E-state index contributed by atoms with van der Waals surface area (Å²) in [5.74, 6) is 0. The summed E-state index contributed by atoms with van der Waals surface area (Å²) in [5, 5.41) is 0. The molecule has 0 aliphatic carbocycles. The molecule has 4 heterocycles. The number of aromatic nitrogens is 2. The minimum atomic E-state index is 0.978. The highest BCUT2D eigenvalue weighted by Gasteiger charge is 2.24. The van der Waals surface area contributed by atoms with Crippen molar-refractivity contribution in [3.63, 3.8) is 0 Å². The number of aliphatic imine (C=N–C) groups is 2. The number of aromatic amines is 2. The summed E-state index contributed by atoms with van der Waals surface area (Å²) in [6, 6.07) is 73.5. The van der Waals surface area contributed by atoms with Gasteiger partial charge in [-0.15, -0.1) is 0 Å². The van der Waals surface area contributed by atoms with Gasteiger partial charge in [0, 0.05) is 67.3 Å². The molecule has 0 spiro atoms. The molecule has 4 heteroatoms. The third-order valence-electron chi connectivity index (χ3n) is 13.7. The fourth-order valence-corrected chi connectivity index (χ4v) is 9.60. The molecule has 362 valence electrons. The summed E-state index contributed by atoms with van der Waals surface area (Å²) >= 11 is 0. The monoisotopic (exact) mass is 958 g/mol. The van der Waals surface area contributed by atoms with Gasteiger partial charge in [-0.25, -0.2) is 9.98 Å². The average molecular weight is 959 g/mol. The molecule has 0 radical (unpaired) electrons. The number of rotatable bonds is 8. The highest BCUT2D eigenvalue weighted by molar-refractivity contribution is 6.22. The second kappa shape index (κ2) is 21.5.